The summed E-state index contributed by atoms with van der Waals surface area (Å²) < 4.78 is 11.6. The molecule has 1 aliphatic carbocycles. The molecule has 1 spiro atoms. The summed E-state index contributed by atoms with van der Waals surface area (Å²) in [6.45, 7) is 2.77. The number of carbonyl (C=O) groups is 2. The van der Waals surface area contributed by atoms with Gasteiger partial charge in [0.1, 0.15) is 22.7 Å². The topological polar surface area (TPSA) is 84.7 Å². The van der Waals surface area contributed by atoms with Crippen molar-refractivity contribution in [3.63, 3.8) is 0 Å². The molecule has 1 unspecified atom stereocenters. The maximum atomic E-state index is 12.8. The van der Waals surface area contributed by atoms with Crippen molar-refractivity contribution in [3.8, 4) is 5.75 Å². The van der Waals surface area contributed by atoms with E-state index in [4.69, 9.17) is 9.26 Å². The monoisotopic (exact) mass is 367 g/mol. The number of nitrogens with zero attached hydrogens (tertiary/aromatic N) is 2. The minimum atomic E-state index is -0.633. The summed E-state index contributed by atoms with van der Waals surface area (Å²) in [6, 6.07) is 7.11. The average molecular weight is 367 g/mol. The van der Waals surface area contributed by atoms with Crippen molar-refractivity contribution < 1.29 is 18.8 Å². The van der Waals surface area contributed by atoms with Crippen LogP contribution in [0.5, 0.6) is 5.75 Å². The Morgan fingerprint density at radius 1 is 1.33 bits per heavy atom. The highest BCUT2D eigenvalue weighted by atomic mass is 16.5. The number of urea groups is 1. The first kappa shape index (κ1) is 16.4. The fraction of sp³-hybridized carbons (Fsp3) is 0.450. The van der Waals surface area contributed by atoms with Crippen molar-refractivity contribution in [2.75, 3.05) is 18.4 Å². The number of rotatable bonds is 2. The molecule has 2 aromatic rings. The predicted octanol–water partition coefficient (Wildman–Crippen LogP) is 3.50. The first-order chi connectivity index (χ1) is 13.0. The maximum Gasteiger partial charge on any atom is 0.322 e. The van der Waals surface area contributed by atoms with Gasteiger partial charge in [0.05, 0.1) is 18.5 Å². The number of para-hydroxylation sites is 1. The molecule has 3 heterocycles. The molecular weight excluding hydrogens is 346 g/mol. The van der Waals surface area contributed by atoms with Crippen LogP contribution in [0.1, 0.15) is 53.4 Å². The Bertz CT molecular complexity index is 933. The molecule has 27 heavy (non-hydrogen) atoms. The van der Waals surface area contributed by atoms with Crippen LogP contribution in [0.3, 0.4) is 0 Å². The van der Waals surface area contributed by atoms with Gasteiger partial charge in [0.2, 0.25) is 0 Å². The van der Waals surface area contributed by atoms with E-state index >= 15 is 0 Å². The summed E-state index contributed by atoms with van der Waals surface area (Å²) in [6.07, 6.45) is 3.07. The molecule has 1 aromatic carbocycles. The molecule has 1 N–H and O–H groups in total. The fourth-order valence-electron chi connectivity index (χ4n) is 4.04. The predicted molar refractivity (Wildman–Crippen MR) is 97.2 cm³/mol. The molecule has 2 aliphatic heterocycles. The van der Waals surface area contributed by atoms with Crippen LogP contribution in [0, 0.1) is 6.92 Å². The van der Waals surface area contributed by atoms with E-state index in [1.807, 2.05) is 25.1 Å². The van der Waals surface area contributed by atoms with E-state index in [1.165, 1.54) is 0 Å². The number of carbonyl (C=O) groups excluding carboxylic acids is 2. The number of hydrogen-bond donors (Lipinski definition) is 1. The molecule has 0 bridgehead atoms. The highest BCUT2D eigenvalue weighted by molar-refractivity contribution is 6.00. The molecule has 3 aliphatic rings. The van der Waals surface area contributed by atoms with Gasteiger partial charge in [0.15, 0.2) is 11.5 Å². The van der Waals surface area contributed by atoms with Crippen LogP contribution in [0.15, 0.2) is 28.8 Å². The number of fused-ring (bicyclic) bond motifs is 1. The number of amides is 2. The Labute approximate surface area is 156 Å². The van der Waals surface area contributed by atoms with Crippen LogP contribution in [0.4, 0.5) is 10.5 Å². The Morgan fingerprint density at radius 3 is 2.96 bits per heavy atom. The molecule has 1 aromatic heterocycles. The lowest BCUT2D eigenvalue weighted by atomic mass is 9.89. The number of ketones is 1. The number of aromatic nitrogens is 1. The lowest BCUT2D eigenvalue weighted by Gasteiger charge is -2.34. The van der Waals surface area contributed by atoms with Gasteiger partial charge in [-0.15, -0.1) is 0 Å². The standard InChI is InChI=1S/C20H21N3O4/c1-12-17(18(27-22-12)13-6-7-13)21-19(25)23-9-8-20(11-23)10-15(24)14-4-2-3-5-16(14)26-20/h2-5,13H,6-11H2,1H3,(H,21,25). The zero-order valence-corrected chi connectivity index (χ0v) is 15.2. The maximum absolute atomic E-state index is 12.8. The number of nitrogens with one attached hydrogen (secondary N) is 1. The van der Waals surface area contributed by atoms with Gasteiger partial charge < -0.3 is 19.5 Å². The third-order valence-corrected chi connectivity index (χ3v) is 5.67. The molecule has 1 saturated heterocycles. The Hall–Kier alpha value is -2.83. The van der Waals surface area contributed by atoms with Gasteiger partial charge in [0, 0.05) is 18.9 Å². The number of hydrogen-bond acceptors (Lipinski definition) is 5. The number of Topliss-reactive ketones (excluding diaryl/α,β-unsaturated/α-hetero) is 1. The third kappa shape index (κ3) is 2.78. The van der Waals surface area contributed by atoms with Crippen LogP contribution in [-0.2, 0) is 0 Å². The second-order valence-corrected chi connectivity index (χ2v) is 7.76. The molecule has 2 fully saturated rings. The third-order valence-electron chi connectivity index (χ3n) is 5.67. The number of benzene rings is 1. The smallest absolute Gasteiger partial charge is 0.322 e. The molecule has 2 amide bonds. The second kappa shape index (κ2) is 5.84. The molecule has 5 rings (SSSR count). The van der Waals surface area contributed by atoms with Crippen molar-refractivity contribution >= 4 is 17.5 Å². The number of likely N-dealkylation sites (tertiary alicyclic amines) is 1. The fourth-order valence-corrected chi connectivity index (χ4v) is 4.04. The van der Waals surface area contributed by atoms with Gasteiger partial charge >= 0.3 is 6.03 Å². The van der Waals surface area contributed by atoms with Gasteiger partial charge in [-0.1, -0.05) is 17.3 Å². The van der Waals surface area contributed by atoms with E-state index in [2.05, 4.69) is 10.5 Å². The average Bonchev–Trinajstić information content (AvgIpc) is 3.33. The normalized spacial score (nSPS) is 24.0. The number of aryl methyl sites for hydroxylation is 1. The van der Waals surface area contributed by atoms with Gasteiger partial charge in [-0.2, -0.15) is 0 Å². The van der Waals surface area contributed by atoms with E-state index in [0.717, 1.165) is 18.6 Å². The quantitative estimate of drug-likeness (QED) is 0.878. The van der Waals surface area contributed by atoms with Gasteiger partial charge in [-0.25, -0.2) is 4.79 Å². The highest BCUT2D eigenvalue weighted by Gasteiger charge is 2.47. The van der Waals surface area contributed by atoms with E-state index in [-0.39, 0.29) is 11.8 Å². The van der Waals surface area contributed by atoms with Crippen LogP contribution in [-0.4, -0.2) is 40.6 Å². The summed E-state index contributed by atoms with van der Waals surface area (Å²) in [5.41, 5.74) is 1.37. The Balaban J connectivity index is 1.32. The summed E-state index contributed by atoms with van der Waals surface area (Å²) >= 11 is 0. The van der Waals surface area contributed by atoms with Crippen molar-refractivity contribution in [3.05, 3.63) is 41.3 Å². The van der Waals surface area contributed by atoms with Crippen molar-refractivity contribution in [2.24, 2.45) is 0 Å². The Kier molecular flexibility index (Phi) is 3.54. The molecule has 1 saturated carbocycles. The van der Waals surface area contributed by atoms with Gasteiger partial charge in [0.25, 0.3) is 0 Å². The second-order valence-electron chi connectivity index (χ2n) is 7.76. The summed E-state index contributed by atoms with van der Waals surface area (Å²) in [7, 11) is 0. The molecule has 1 atom stereocenters. The van der Waals surface area contributed by atoms with Crippen LogP contribution >= 0.6 is 0 Å². The number of ether oxygens (including phenoxy) is 1. The van der Waals surface area contributed by atoms with Crippen LogP contribution < -0.4 is 10.1 Å². The minimum absolute atomic E-state index is 0.0741. The van der Waals surface area contributed by atoms with E-state index in [9.17, 15) is 9.59 Å². The zero-order chi connectivity index (χ0) is 18.6. The first-order valence-electron chi connectivity index (χ1n) is 9.38. The minimum Gasteiger partial charge on any atom is -0.484 e. The van der Waals surface area contributed by atoms with Crippen LogP contribution in [0.25, 0.3) is 0 Å². The van der Waals surface area contributed by atoms with E-state index in [0.29, 0.717) is 54.5 Å². The molecular formula is C20H21N3O4. The van der Waals surface area contributed by atoms with E-state index in [1.54, 1.807) is 11.0 Å². The van der Waals surface area contributed by atoms with Gasteiger partial charge in [-0.05, 0) is 31.9 Å². The zero-order valence-electron chi connectivity index (χ0n) is 15.2. The molecule has 7 heteroatoms. The van der Waals surface area contributed by atoms with Crippen molar-refractivity contribution in [2.45, 2.75) is 44.1 Å². The van der Waals surface area contributed by atoms with Crippen molar-refractivity contribution in [1.82, 2.24) is 10.1 Å². The molecule has 140 valence electrons. The first-order valence-corrected chi connectivity index (χ1v) is 9.38. The number of anilines is 1. The summed E-state index contributed by atoms with van der Waals surface area (Å²) in [4.78, 5) is 27.1. The summed E-state index contributed by atoms with van der Waals surface area (Å²) in [5.74, 6) is 1.82. The van der Waals surface area contributed by atoms with Gasteiger partial charge in [-0.3, -0.25) is 4.79 Å². The summed E-state index contributed by atoms with van der Waals surface area (Å²) in [5, 5.41) is 6.96. The molecule has 0 radical (unpaired) electrons. The van der Waals surface area contributed by atoms with Crippen LogP contribution in [0.2, 0.25) is 0 Å². The van der Waals surface area contributed by atoms with Crippen molar-refractivity contribution in [1.29, 1.82) is 0 Å². The Morgan fingerprint density at radius 2 is 2.15 bits per heavy atom. The van der Waals surface area contributed by atoms with E-state index < -0.39 is 5.60 Å². The highest BCUT2D eigenvalue weighted by Crippen LogP contribution is 2.44. The largest absolute Gasteiger partial charge is 0.484 e. The SMILES string of the molecule is Cc1noc(C2CC2)c1NC(=O)N1CCC2(CC(=O)c3ccccc3O2)C1. The lowest BCUT2D eigenvalue weighted by Crippen LogP contribution is -2.46. The molecule has 7 nitrogen and oxygen atoms in total. The lowest BCUT2D eigenvalue weighted by molar-refractivity contribution is 0.0482.